The van der Waals surface area contributed by atoms with Crippen molar-refractivity contribution in [3.8, 4) is 0 Å². The van der Waals surface area contributed by atoms with Crippen LogP contribution in [0.2, 0.25) is 0 Å². The lowest BCUT2D eigenvalue weighted by molar-refractivity contribution is 1.50. The third-order valence-electron chi connectivity index (χ3n) is 11.0. The summed E-state index contributed by atoms with van der Waals surface area (Å²) in [6.45, 7) is 0. The number of fused-ring (bicyclic) bond motifs is 10. The Bertz CT molecular complexity index is 2500. The van der Waals surface area contributed by atoms with Crippen LogP contribution in [-0.4, -0.2) is 0 Å². The predicted octanol–water partition coefficient (Wildman–Crippen LogP) is 12.2. The first kappa shape index (κ1) is 27.5. The van der Waals surface area contributed by atoms with Crippen LogP contribution in [0, 0.1) is 0 Å². The molecule has 0 saturated carbocycles. The Morgan fingerprint density at radius 2 is 0.320 bits per heavy atom. The normalized spacial score (nSPS) is 14.9. The maximum Gasteiger partial charge on any atom is -0.000763 e. The molecule has 0 nitrogen and oxygen atoms in total. The zero-order chi connectivity index (χ0) is 32.8. The monoisotopic (exact) mass is 630 g/mol. The van der Waals surface area contributed by atoms with E-state index in [1.54, 1.807) is 0 Å². The molecule has 4 aliphatic rings. The summed E-state index contributed by atoms with van der Waals surface area (Å²) in [4.78, 5) is 0. The van der Waals surface area contributed by atoms with E-state index in [4.69, 9.17) is 0 Å². The van der Waals surface area contributed by atoms with Gasteiger partial charge in [0.1, 0.15) is 0 Å². The Balaban J connectivity index is 1.13. The summed E-state index contributed by atoms with van der Waals surface area (Å²) in [5.41, 5.74) is 26.3. The fraction of sp³-hybridized carbons (Fsp3) is 0. The topological polar surface area (TPSA) is 0 Å². The molecule has 0 aliphatic heterocycles. The molecule has 0 unspecified atom stereocenters. The van der Waals surface area contributed by atoms with Crippen LogP contribution in [0.15, 0.2) is 182 Å². The van der Waals surface area contributed by atoms with E-state index in [1.807, 2.05) is 0 Å². The van der Waals surface area contributed by atoms with Gasteiger partial charge >= 0.3 is 0 Å². The van der Waals surface area contributed by atoms with E-state index in [0.29, 0.717) is 0 Å². The number of rotatable bonds is 4. The van der Waals surface area contributed by atoms with Gasteiger partial charge in [-0.3, -0.25) is 0 Å². The van der Waals surface area contributed by atoms with Crippen LogP contribution in [0.4, 0.5) is 0 Å². The van der Waals surface area contributed by atoms with Gasteiger partial charge in [0.2, 0.25) is 0 Å². The number of hydrogen-bond donors (Lipinski definition) is 0. The van der Waals surface area contributed by atoms with Crippen molar-refractivity contribution in [1.29, 1.82) is 0 Å². The lowest BCUT2D eigenvalue weighted by Crippen LogP contribution is -1.94. The van der Waals surface area contributed by atoms with Crippen molar-refractivity contribution >= 4 is 44.6 Å². The largest absolute Gasteiger partial charge is 0.0622 e. The minimum atomic E-state index is 1.25. The predicted molar refractivity (Wildman–Crippen MR) is 209 cm³/mol. The Morgan fingerprint density at radius 3 is 0.560 bits per heavy atom. The Kier molecular flexibility index (Phi) is 5.76. The minimum absolute atomic E-state index is 1.25. The SMILES string of the molecule is c1ccc(C2=C3C(=C(c4ccc(C5=C6C(=C(c7ccccc7)c7ccccc76)c6ccccc65)cc4)c4ccccc43)c3ccccc32)cc1. The van der Waals surface area contributed by atoms with Crippen LogP contribution in [0.3, 0.4) is 0 Å². The molecule has 50 heavy (non-hydrogen) atoms. The summed E-state index contributed by atoms with van der Waals surface area (Å²) in [5, 5.41) is 0. The van der Waals surface area contributed by atoms with Gasteiger partial charge in [0.15, 0.2) is 0 Å². The molecular weight excluding hydrogens is 601 g/mol. The Labute approximate surface area is 292 Å². The summed E-state index contributed by atoms with van der Waals surface area (Å²) in [5.74, 6) is 0. The van der Waals surface area contributed by atoms with E-state index >= 15 is 0 Å². The molecule has 0 radical (unpaired) electrons. The van der Waals surface area contributed by atoms with Crippen LogP contribution in [0.1, 0.15) is 66.8 Å². The zero-order valence-corrected chi connectivity index (χ0v) is 27.3. The van der Waals surface area contributed by atoms with Crippen molar-refractivity contribution < 1.29 is 0 Å². The standard InChI is InChI=1S/C50H30/c1-3-15-31(16-4-1)43-35-19-7-11-23-39(35)49-45(37-21-9-13-25-41(37)47(43)49)33-27-29-34(30-28-33)46-38-22-10-14-26-42(38)48-44(32-17-5-2-6-18-32)36-20-8-12-24-40(36)50(46)48/h1-30H. The number of allylic oxidation sites excluding steroid dienone is 4. The molecule has 0 spiro atoms. The molecule has 0 amide bonds. The van der Waals surface area contributed by atoms with E-state index in [-0.39, 0.29) is 0 Å². The molecule has 0 heteroatoms. The van der Waals surface area contributed by atoms with Gasteiger partial charge in [-0.25, -0.2) is 0 Å². The van der Waals surface area contributed by atoms with Crippen LogP contribution in [-0.2, 0) is 0 Å². The molecule has 0 saturated heterocycles. The fourth-order valence-electron chi connectivity index (χ4n) is 9.01. The van der Waals surface area contributed by atoms with Crippen molar-refractivity contribution in [2.75, 3.05) is 0 Å². The molecule has 11 rings (SSSR count). The molecule has 7 aromatic carbocycles. The lowest BCUT2D eigenvalue weighted by Gasteiger charge is -2.14. The maximum atomic E-state index is 2.36. The molecule has 0 heterocycles. The van der Waals surface area contributed by atoms with E-state index in [9.17, 15) is 0 Å². The van der Waals surface area contributed by atoms with Gasteiger partial charge in [0.05, 0.1) is 0 Å². The van der Waals surface area contributed by atoms with Crippen LogP contribution in [0.25, 0.3) is 44.6 Å². The van der Waals surface area contributed by atoms with Gasteiger partial charge in [-0.2, -0.15) is 0 Å². The fourth-order valence-corrected chi connectivity index (χ4v) is 9.01. The minimum Gasteiger partial charge on any atom is -0.0622 e. The summed E-state index contributed by atoms with van der Waals surface area (Å²) in [7, 11) is 0. The van der Waals surface area contributed by atoms with Gasteiger partial charge < -0.3 is 0 Å². The van der Waals surface area contributed by atoms with Crippen LogP contribution in [0.5, 0.6) is 0 Å². The second-order valence-corrected chi connectivity index (χ2v) is 13.5. The highest BCUT2D eigenvalue weighted by Gasteiger charge is 2.39. The molecule has 0 bridgehead atoms. The maximum absolute atomic E-state index is 2.36. The second-order valence-electron chi connectivity index (χ2n) is 13.5. The zero-order valence-electron chi connectivity index (χ0n) is 27.3. The third kappa shape index (κ3) is 3.71. The summed E-state index contributed by atoms with van der Waals surface area (Å²) >= 11 is 0. The number of benzene rings is 7. The van der Waals surface area contributed by atoms with Crippen molar-refractivity contribution in [2.24, 2.45) is 0 Å². The van der Waals surface area contributed by atoms with Crippen LogP contribution >= 0.6 is 0 Å². The van der Waals surface area contributed by atoms with Gasteiger partial charge in [-0.1, -0.05) is 182 Å². The summed E-state index contributed by atoms with van der Waals surface area (Å²) in [6, 6.07) is 67.1. The van der Waals surface area contributed by atoms with Gasteiger partial charge in [-0.15, -0.1) is 0 Å². The quantitative estimate of drug-likeness (QED) is 0.182. The molecule has 0 aromatic heterocycles. The van der Waals surface area contributed by atoms with E-state index in [1.165, 1.54) is 111 Å². The first-order valence-corrected chi connectivity index (χ1v) is 17.5. The van der Waals surface area contributed by atoms with Crippen molar-refractivity contribution in [1.82, 2.24) is 0 Å². The second kappa shape index (κ2) is 10.5. The van der Waals surface area contributed by atoms with Crippen LogP contribution < -0.4 is 0 Å². The van der Waals surface area contributed by atoms with E-state index < -0.39 is 0 Å². The molecule has 230 valence electrons. The van der Waals surface area contributed by atoms with Crippen molar-refractivity contribution in [2.45, 2.75) is 0 Å². The first-order chi connectivity index (χ1) is 24.9. The summed E-state index contributed by atoms with van der Waals surface area (Å²) < 4.78 is 0. The Morgan fingerprint density at radius 1 is 0.140 bits per heavy atom. The highest BCUT2D eigenvalue weighted by atomic mass is 14.4. The van der Waals surface area contributed by atoms with Gasteiger partial charge in [0.25, 0.3) is 0 Å². The molecule has 4 aliphatic carbocycles. The van der Waals surface area contributed by atoms with Gasteiger partial charge in [0, 0.05) is 0 Å². The molecular formula is C50H30. The van der Waals surface area contributed by atoms with E-state index in [2.05, 4.69) is 182 Å². The van der Waals surface area contributed by atoms with Crippen molar-refractivity contribution in [3.05, 3.63) is 249 Å². The molecule has 0 N–H and O–H groups in total. The smallest absolute Gasteiger partial charge is 0.000763 e. The highest BCUT2D eigenvalue weighted by Crippen LogP contribution is 2.60. The number of hydrogen-bond acceptors (Lipinski definition) is 0. The summed E-state index contributed by atoms with van der Waals surface area (Å²) in [6.07, 6.45) is 0. The highest BCUT2D eigenvalue weighted by molar-refractivity contribution is 6.36. The third-order valence-corrected chi connectivity index (χ3v) is 11.0. The average Bonchev–Trinajstić information content (AvgIpc) is 3.91. The Hall–Kier alpha value is -6.50. The van der Waals surface area contributed by atoms with E-state index in [0.717, 1.165) is 0 Å². The first-order valence-electron chi connectivity index (χ1n) is 17.5. The lowest BCUT2D eigenvalue weighted by atomic mass is 9.89. The molecule has 0 atom stereocenters. The average molecular weight is 631 g/mol. The van der Waals surface area contributed by atoms with Gasteiger partial charge in [-0.05, 0) is 111 Å². The molecule has 7 aromatic rings. The van der Waals surface area contributed by atoms with Crippen molar-refractivity contribution in [3.63, 3.8) is 0 Å². The molecule has 0 fully saturated rings.